The van der Waals surface area contributed by atoms with Gasteiger partial charge in [0.05, 0.1) is 18.8 Å². The van der Waals surface area contributed by atoms with Gasteiger partial charge in [0, 0.05) is 26.2 Å². The average molecular weight is 300 g/mol. The lowest BCUT2D eigenvalue weighted by molar-refractivity contribution is 0.00851. The van der Waals surface area contributed by atoms with E-state index in [9.17, 15) is 0 Å². The minimum atomic E-state index is 0.174. The molecule has 20 heavy (non-hydrogen) atoms. The number of nitrogens with zero attached hydrogens (tertiary/aromatic N) is 4. The first kappa shape index (κ1) is 15.3. The van der Waals surface area contributed by atoms with Crippen molar-refractivity contribution in [2.45, 2.75) is 19.1 Å². The number of nitrogens with one attached hydrogen (secondary N) is 1. The Bertz CT molecular complexity index is 456. The first-order valence-corrected chi connectivity index (χ1v) is 7.12. The minimum Gasteiger partial charge on any atom is -0.373 e. The van der Waals surface area contributed by atoms with Gasteiger partial charge in [-0.25, -0.2) is 4.98 Å². The summed E-state index contributed by atoms with van der Waals surface area (Å²) in [5.41, 5.74) is 0. The summed E-state index contributed by atoms with van der Waals surface area (Å²) in [4.78, 5) is 13.0. The topological polar surface area (TPSA) is 53.5 Å². The van der Waals surface area contributed by atoms with Crippen LogP contribution >= 0.6 is 11.6 Å². The molecule has 0 radical (unpaired) electrons. The number of likely N-dealkylation sites (N-methyl/N-ethyl adjacent to an activating group) is 1. The highest BCUT2D eigenvalue weighted by Gasteiger charge is 2.27. The molecule has 0 aliphatic carbocycles. The maximum Gasteiger partial charge on any atom is 0.225 e. The molecular weight excluding hydrogens is 278 g/mol. The number of halogens is 1. The van der Waals surface area contributed by atoms with Gasteiger partial charge in [0.2, 0.25) is 5.95 Å². The summed E-state index contributed by atoms with van der Waals surface area (Å²) in [6, 6.07) is 2.07. The Hall–Kier alpha value is -1.11. The average Bonchev–Trinajstić information content (AvgIpc) is 2.39. The summed E-state index contributed by atoms with van der Waals surface area (Å²) in [6.45, 7) is 4.51. The van der Waals surface area contributed by atoms with E-state index in [1.165, 1.54) is 0 Å². The van der Waals surface area contributed by atoms with Gasteiger partial charge < -0.3 is 19.9 Å². The fourth-order valence-electron chi connectivity index (χ4n) is 2.32. The van der Waals surface area contributed by atoms with Gasteiger partial charge in [0.1, 0.15) is 11.0 Å². The third-order valence-corrected chi connectivity index (χ3v) is 3.47. The molecule has 1 aromatic rings. The zero-order chi connectivity index (χ0) is 14.7. The maximum atomic E-state index is 6.06. The van der Waals surface area contributed by atoms with Crippen molar-refractivity contribution in [1.29, 1.82) is 0 Å². The second kappa shape index (κ2) is 6.56. The predicted molar refractivity (Wildman–Crippen MR) is 81.7 cm³/mol. The normalized spacial score (nSPS) is 23.2. The zero-order valence-electron chi connectivity index (χ0n) is 12.4. The quantitative estimate of drug-likeness (QED) is 0.847. The molecule has 0 saturated carbocycles. The summed E-state index contributed by atoms with van der Waals surface area (Å²) in [5.74, 6) is 1.38. The maximum absolute atomic E-state index is 6.06. The van der Waals surface area contributed by atoms with E-state index < -0.39 is 0 Å². The van der Waals surface area contributed by atoms with E-state index in [1.54, 1.807) is 13.1 Å². The van der Waals surface area contributed by atoms with E-state index in [0.717, 1.165) is 18.9 Å². The monoisotopic (exact) mass is 299 g/mol. The van der Waals surface area contributed by atoms with Crippen molar-refractivity contribution in [1.82, 2.24) is 14.9 Å². The Balaban J connectivity index is 2.18. The number of rotatable bonds is 4. The molecule has 6 nitrogen and oxygen atoms in total. The summed E-state index contributed by atoms with van der Waals surface area (Å²) in [5, 5.41) is 3.38. The van der Waals surface area contributed by atoms with E-state index in [1.807, 2.05) is 14.1 Å². The lowest BCUT2D eigenvalue weighted by Crippen LogP contribution is -2.51. The Labute approximate surface area is 125 Å². The van der Waals surface area contributed by atoms with Crippen LogP contribution in [0.4, 0.5) is 11.8 Å². The molecule has 0 spiro atoms. The number of hydrogen-bond acceptors (Lipinski definition) is 6. The SMILES string of the molecule is CNc1nc(Cl)cc(N2C[C@@H](CN(C)C)OC[C@H]2C)n1. The molecule has 1 aliphatic rings. The Morgan fingerprint density at radius 1 is 1.50 bits per heavy atom. The molecule has 2 atom stereocenters. The first-order chi connectivity index (χ1) is 9.49. The molecule has 2 rings (SSSR count). The Morgan fingerprint density at radius 3 is 2.90 bits per heavy atom. The van der Waals surface area contributed by atoms with Crippen LogP contribution in [0.2, 0.25) is 5.15 Å². The van der Waals surface area contributed by atoms with Crippen LogP contribution in [0.5, 0.6) is 0 Å². The molecule has 1 aromatic heterocycles. The zero-order valence-corrected chi connectivity index (χ0v) is 13.2. The smallest absolute Gasteiger partial charge is 0.225 e. The van der Waals surface area contributed by atoms with Crippen LogP contribution in [-0.2, 0) is 4.74 Å². The molecule has 112 valence electrons. The lowest BCUT2D eigenvalue weighted by atomic mass is 10.2. The molecule has 1 saturated heterocycles. The Morgan fingerprint density at radius 2 is 2.25 bits per heavy atom. The van der Waals surface area contributed by atoms with Crippen molar-refractivity contribution < 1.29 is 4.74 Å². The van der Waals surface area contributed by atoms with E-state index in [0.29, 0.717) is 17.7 Å². The predicted octanol–water partition coefficient (Wildman–Crippen LogP) is 1.33. The lowest BCUT2D eigenvalue weighted by Gasteiger charge is -2.39. The number of anilines is 2. The standard InChI is InChI=1S/C13H22ClN5O/c1-9-8-20-10(6-18(3)4)7-19(9)12-5-11(14)16-13(15-2)17-12/h5,9-10H,6-8H2,1-4H3,(H,15,16,17)/t9-,10-/m1/s1. The molecule has 0 bridgehead atoms. The van der Waals surface area contributed by atoms with E-state index >= 15 is 0 Å². The molecule has 1 N–H and O–H groups in total. The van der Waals surface area contributed by atoms with Crippen LogP contribution in [-0.4, -0.2) is 67.9 Å². The number of aromatic nitrogens is 2. The van der Waals surface area contributed by atoms with Crippen molar-refractivity contribution in [3.8, 4) is 0 Å². The highest BCUT2D eigenvalue weighted by Crippen LogP contribution is 2.23. The molecule has 2 heterocycles. The van der Waals surface area contributed by atoms with Gasteiger partial charge in [-0.15, -0.1) is 0 Å². The molecule has 7 heteroatoms. The molecular formula is C13H22ClN5O. The first-order valence-electron chi connectivity index (χ1n) is 6.75. The van der Waals surface area contributed by atoms with E-state index in [2.05, 4.69) is 32.0 Å². The van der Waals surface area contributed by atoms with Gasteiger partial charge in [0.25, 0.3) is 0 Å². The summed E-state index contributed by atoms with van der Waals surface area (Å²) in [7, 11) is 5.88. The second-order valence-corrected chi connectivity index (χ2v) is 5.73. The van der Waals surface area contributed by atoms with Gasteiger partial charge in [-0.2, -0.15) is 4.98 Å². The third kappa shape index (κ3) is 3.71. The van der Waals surface area contributed by atoms with Crippen LogP contribution in [0.1, 0.15) is 6.92 Å². The highest BCUT2D eigenvalue weighted by molar-refractivity contribution is 6.29. The largest absolute Gasteiger partial charge is 0.373 e. The minimum absolute atomic E-state index is 0.174. The van der Waals surface area contributed by atoms with Crippen molar-refractivity contribution in [2.75, 3.05) is 51.1 Å². The van der Waals surface area contributed by atoms with Gasteiger partial charge >= 0.3 is 0 Å². The summed E-state index contributed by atoms with van der Waals surface area (Å²) < 4.78 is 5.86. The number of morpholine rings is 1. The molecule has 1 aliphatic heterocycles. The molecule has 0 amide bonds. The van der Waals surface area contributed by atoms with Crippen LogP contribution in [0.25, 0.3) is 0 Å². The van der Waals surface area contributed by atoms with Crippen molar-refractivity contribution in [2.24, 2.45) is 0 Å². The fraction of sp³-hybridized carbons (Fsp3) is 0.692. The van der Waals surface area contributed by atoms with Crippen LogP contribution in [0.3, 0.4) is 0 Å². The van der Waals surface area contributed by atoms with Crippen molar-refractivity contribution in [3.63, 3.8) is 0 Å². The van der Waals surface area contributed by atoms with Gasteiger partial charge in [0.15, 0.2) is 0 Å². The molecule has 0 aromatic carbocycles. The fourth-order valence-corrected chi connectivity index (χ4v) is 2.50. The molecule has 1 fully saturated rings. The summed E-state index contributed by atoms with van der Waals surface area (Å²) in [6.07, 6.45) is 0.174. The van der Waals surface area contributed by atoms with Gasteiger partial charge in [-0.1, -0.05) is 11.6 Å². The van der Waals surface area contributed by atoms with Crippen molar-refractivity contribution >= 4 is 23.4 Å². The summed E-state index contributed by atoms with van der Waals surface area (Å²) >= 11 is 6.06. The van der Waals surface area contributed by atoms with Crippen molar-refractivity contribution in [3.05, 3.63) is 11.2 Å². The third-order valence-electron chi connectivity index (χ3n) is 3.27. The number of hydrogen-bond donors (Lipinski definition) is 1. The number of ether oxygens (including phenoxy) is 1. The van der Waals surface area contributed by atoms with Crippen LogP contribution in [0.15, 0.2) is 6.07 Å². The highest BCUT2D eigenvalue weighted by atomic mass is 35.5. The van der Waals surface area contributed by atoms with Gasteiger partial charge in [-0.3, -0.25) is 0 Å². The van der Waals surface area contributed by atoms with Gasteiger partial charge in [-0.05, 0) is 21.0 Å². The van der Waals surface area contributed by atoms with Crippen LogP contribution in [0, 0.1) is 0 Å². The Kier molecular flexibility index (Phi) is 5.01. The second-order valence-electron chi connectivity index (χ2n) is 5.34. The molecule has 0 unspecified atom stereocenters. The van der Waals surface area contributed by atoms with E-state index in [4.69, 9.17) is 16.3 Å². The van der Waals surface area contributed by atoms with Crippen LogP contribution < -0.4 is 10.2 Å². The van der Waals surface area contributed by atoms with E-state index in [-0.39, 0.29) is 12.1 Å².